The number of carbonyl (C=O) groups excluding carboxylic acids is 1. The molecule has 3 rings (SSSR count). The fourth-order valence-electron chi connectivity index (χ4n) is 4.42. The molecule has 172 valence electrons. The second-order valence-corrected chi connectivity index (χ2v) is 10.9. The van der Waals surface area contributed by atoms with Crippen LogP contribution in [0.25, 0.3) is 6.08 Å². The van der Waals surface area contributed by atoms with Gasteiger partial charge in [-0.1, -0.05) is 31.9 Å². The normalized spacial score (nSPS) is 21.8. The van der Waals surface area contributed by atoms with E-state index in [0.29, 0.717) is 24.5 Å². The fourth-order valence-corrected chi connectivity index (χ4v) is 5.93. The Morgan fingerprint density at radius 3 is 2.45 bits per heavy atom. The topological polar surface area (TPSA) is 69.7 Å². The Kier molecular flexibility index (Phi) is 9.11. The average Bonchev–Trinajstić information content (AvgIpc) is 3.06. The largest absolute Gasteiger partial charge is 0.353 e. The van der Waals surface area contributed by atoms with Crippen molar-refractivity contribution in [2.45, 2.75) is 56.8 Å². The Bertz CT molecular complexity index is 828. The van der Waals surface area contributed by atoms with E-state index in [4.69, 9.17) is 0 Å². The zero-order valence-electron chi connectivity index (χ0n) is 18.8. The third kappa shape index (κ3) is 7.44. The summed E-state index contributed by atoms with van der Waals surface area (Å²) in [7, 11) is -3.44. The molecule has 31 heavy (non-hydrogen) atoms. The highest BCUT2D eigenvalue weighted by Crippen LogP contribution is 2.21. The van der Waals surface area contributed by atoms with Gasteiger partial charge in [-0.2, -0.15) is 4.31 Å². The molecule has 0 spiro atoms. The van der Waals surface area contributed by atoms with Gasteiger partial charge < -0.3 is 10.2 Å². The number of nitrogens with one attached hydrogen (secondary N) is 1. The Hall–Kier alpha value is -1.70. The van der Waals surface area contributed by atoms with E-state index >= 15 is 0 Å². The van der Waals surface area contributed by atoms with Crippen LogP contribution < -0.4 is 5.32 Å². The Balaban J connectivity index is 1.43. The first-order valence-corrected chi connectivity index (χ1v) is 13.2. The lowest BCUT2D eigenvalue weighted by Crippen LogP contribution is -2.36. The second-order valence-electron chi connectivity index (χ2n) is 8.91. The first-order valence-electron chi connectivity index (χ1n) is 11.7. The summed E-state index contributed by atoms with van der Waals surface area (Å²) >= 11 is 0. The zero-order valence-corrected chi connectivity index (χ0v) is 19.6. The van der Waals surface area contributed by atoms with Gasteiger partial charge in [0.25, 0.3) is 0 Å². The van der Waals surface area contributed by atoms with Gasteiger partial charge in [0.2, 0.25) is 15.9 Å². The van der Waals surface area contributed by atoms with Crippen molar-refractivity contribution in [3.63, 3.8) is 0 Å². The van der Waals surface area contributed by atoms with Crippen LogP contribution in [0.2, 0.25) is 0 Å². The van der Waals surface area contributed by atoms with Gasteiger partial charge in [-0.25, -0.2) is 8.42 Å². The molecule has 0 aliphatic carbocycles. The molecule has 7 heteroatoms. The van der Waals surface area contributed by atoms with Crippen LogP contribution in [-0.4, -0.2) is 62.8 Å². The van der Waals surface area contributed by atoms with Gasteiger partial charge in [0.15, 0.2) is 0 Å². The molecule has 0 radical (unpaired) electrons. The van der Waals surface area contributed by atoms with E-state index in [1.165, 1.54) is 25.5 Å². The van der Waals surface area contributed by atoms with Crippen molar-refractivity contribution in [1.29, 1.82) is 0 Å². The number of nitrogens with zero attached hydrogens (tertiary/aromatic N) is 2. The minimum absolute atomic E-state index is 0.117. The number of amides is 1. The molecule has 2 saturated heterocycles. The summed E-state index contributed by atoms with van der Waals surface area (Å²) in [4.78, 5) is 14.9. The van der Waals surface area contributed by atoms with Crippen molar-refractivity contribution < 1.29 is 13.2 Å². The number of likely N-dealkylation sites (tertiary alicyclic amines) is 1. The second kappa shape index (κ2) is 11.8. The first kappa shape index (κ1) is 24.0. The van der Waals surface area contributed by atoms with Gasteiger partial charge in [0.1, 0.15) is 0 Å². The Labute approximate surface area is 187 Å². The number of benzene rings is 1. The van der Waals surface area contributed by atoms with Crippen molar-refractivity contribution in [3.8, 4) is 0 Å². The average molecular weight is 448 g/mol. The van der Waals surface area contributed by atoms with Crippen LogP contribution in [-0.2, 0) is 14.8 Å². The van der Waals surface area contributed by atoms with Gasteiger partial charge in [0, 0.05) is 32.3 Å². The monoisotopic (exact) mass is 447 g/mol. The molecule has 2 aliphatic heterocycles. The van der Waals surface area contributed by atoms with E-state index in [9.17, 15) is 13.2 Å². The van der Waals surface area contributed by atoms with Crippen molar-refractivity contribution in [2.75, 3.05) is 39.3 Å². The maximum atomic E-state index is 12.8. The lowest BCUT2D eigenvalue weighted by molar-refractivity contribution is -0.116. The van der Waals surface area contributed by atoms with Crippen molar-refractivity contribution >= 4 is 22.0 Å². The van der Waals surface area contributed by atoms with Crippen LogP contribution in [0, 0.1) is 5.92 Å². The Morgan fingerprint density at radius 1 is 1.06 bits per heavy atom. The summed E-state index contributed by atoms with van der Waals surface area (Å²) in [5.41, 5.74) is 0.812. The lowest BCUT2D eigenvalue weighted by atomic mass is 10.0. The molecular weight excluding hydrogens is 410 g/mol. The molecule has 1 amide bonds. The van der Waals surface area contributed by atoms with E-state index in [2.05, 4.69) is 17.1 Å². The number of rotatable bonds is 8. The lowest BCUT2D eigenvalue weighted by Gasteiger charge is -2.30. The van der Waals surface area contributed by atoms with Gasteiger partial charge in [-0.3, -0.25) is 4.79 Å². The molecule has 0 aromatic heterocycles. The first-order chi connectivity index (χ1) is 14.9. The Morgan fingerprint density at radius 2 is 1.77 bits per heavy atom. The van der Waals surface area contributed by atoms with Gasteiger partial charge in [-0.15, -0.1) is 0 Å². The van der Waals surface area contributed by atoms with Crippen molar-refractivity contribution in [3.05, 3.63) is 35.9 Å². The van der Waals surface area contributed by atoms with Crippen molar-refractivity contribution in [1.82, 2.24) is 14.5 Å². The molecule has 2 aliphatic rings. The number of piperidine rings is 1. The standard InChI is InChI=1S/C24H37N3O3S/c1-21-8-6-16-26(20-21)17-7-15-25-24(28)14-11-22-9-12-23(13-10-22)31(29,30)27-18-4-2-3-5-19-27/h9-14,21H,2-8,15-20H2,1H3,(H,25,28)/b14-11+. The van der Waals surface area contributed by atoms with Gasteiger partial charge >= 0.3 is 0 Å². The molecule has 1 unspecified atom stereocenters. The van der Waals surface area contributed by atoms with Gasteiger partial charge in [0.05, 0.1) is 4.90 Å². The number of carbonyl (C=O) groups is 1. The highest BCUT2D eigenvalue weighted by Gasteiger charge is 2.24. The van der Waals surface area contributed by atoms with E-state index < -0.39 is 10.0 Å². The highest BCUT2D eigenvalue weighted by molar-refractivity contribution is 7.89. The quantitative estimate of drug-likeness (QED) is 0.489. The predicted octanol–water partition coefficient (Wildman–Crippen LogP) is 3.50. The molecule has 6 nitrogen and oxygen atoms in total. The third-order valence-corrected chi connectivity index (χ3v) is 8.11. The molecule has 2 fully saturated rings. The SMILES string of the molecule is CC1CCCN(CCCNC(=O)/C=C/c2ccc(S(=O)(=O)N3CCCCCC3)cc2)C1. The minimum Gasteiger partial charge on any atom is -0.353 e. The minimum atomic E-state index is -3.44. The molecular formula is C24H37N3O3S. The molecule has 1 atom stereocenters. The summed E-state index contributed by atoms with van der Waals surface area (Å²) in [5, 5.41) is 2.93. The molecule has 1 aromatic carbocycles. The van der Waals surface area contributed by atoms with Crippen LogP contribution in [0.15, 0.2) is 35.2 Å². The molecule has 0 saturated carbocycles. The third-order valence-electron chi connectivity index (χ3n) is 6.20. The fraction of sp³-hybridized carbons (Fsp3) is 0.625. The molecule has 1 aromatic rings. The van der Waals surface area contributed by atoms with E-state index in [-0.39, 0.29) is 5.91 Å². The summed E-state index contributed by atoms with van der Waals surface area (Å²) in [6.45, 7) is 7.53. The van der Waals surface area contributed by atoms with E-state index in [1.807, 2.05) is 0 Å². The zero-order chi connectivity index (χ0) is 22.1. The number of hydrogen-bond donors (Lipinski definition) is 1. The molecule has 2 heterocycles. The summed E-state index contributed by atoms with van der Waals surface area (Å²) < 4.78 is 27.3. The van der Waals surface area contributed by atoms with Crippen LogP contribution in [0.3, 0.4) is 0 Å². The van der Waals surface area contributed by atoms with E-state index in [1.54, 1.807) is 34.6 Å². The highest BCUT2D eigenvalue weighted by atomic mass is 32.2. The maximum Gasteiger partial charge on any atom is 0.243 e. The summed E-state index contributed by atoms with van der Waals surface area (Å²) in [6, 6.07) is 6.78. The number of hydrogen-bond acceptors (Lipinski definition) is 4. The van der Waals surface area contributed by atoms with Crippen molar-refractivity contribution in [2.24, 2.45) is 5.92 Å². The summed E-state index contributed by atoms with van der Waals surface area (Å²) in [6.07, 6.45) is 10.8. The molecule has 0 bridgehead atoms. The predicted molar refractivity (Wildman–Crippen MR) is 125 cm³/mol. The maximum absolute atomic E-state index is 12.8. The smallest absolute Gasteiger partial charge is 0.243 e. The van der Waals surface area contributed by atoms with Crippen LogP contribution in [0.4, 0.5) is 0 Å². The molecule has 1 N–H and O–H groups in total. The van der Waals surface area contributed by atoms with Crippen LogP contribution >= 0.6 is 0 Å². The van der Waals surface area contributed by atoms with Gasteiger partial charge in [-0.05, 0) is 74.9 Å². The van der Waals surface area contributed by atoms with Crippen LogP contribution in [0.1, 0.15) is 57.4 Å². The van der Waals surface area contributed by atoms with Crippen LogP contribution in [0.5, 0.6) is 0 Å². The summed E-state index contributed by atoms with van der Waals surface area (Å²) in [5.74, 6) is 0.658. The van der Waals surface area contributed by atoms with E-state index in [0.717, 1.165) is 56.7 Å². The number of sulfonamides is 1.